The van der Waals surface area contributed by atoms with E-state index >= 15 is 0 Å². The van der Waals surface area contributed by atoms with E-state index in [1.54, 1.807) is 29.3 Å². The van der Waals surface area contributed by atoms with E-state index in [1.165, 1.54) is 7.11 Å². The van der Waals surface area contributed by atoms with Crippen molar-refractivity contribution < 1.29 is 28.5 Å². The fraction of sp³-hybridized carbons (Fsp3) is 0.520. The Morgan fingerprint density at radius 3 is 2.89 bits per heavy atom. The highest BCUT2D eigenvalue weighted by Crippen LogP contribution is 2.40. The largest absolute Gasteiger partial charge is 0.491 e. The second-order valence-electron chi connectivity index (χ2n) is 9.67. The molecule has 0 aliphatic carbocycles. The lowest BCUT2D eigenvalue weighted by Crippen LogP contribution is -2.56. The zero-order valence-electron chi connectivity index (χ0n) is 20.9. The number of piperidine rings is 1. The molecule has 0 spiro atoms. The van der Waals surface area contributed by atoms with E-state index in [9.17, 15) is 9.59 Å². The van der Waals surface area contributed by atoms with Gasteiger partial charge in [0.1, 0.15) is 24.3 Å². The van der Waals surface area contributed by atoms with Crippen LogP contribution >= 0.6 is 0 Å². The summed E-state index contributed by atoms with van der Waals surface area (Å²) in [5.41, 5.74) is 1.90. The minimum Gasteiger partial charge on any atom is -0.491 e. The number of nitrogens with zero attached hydrogens (tertiary/aromatic N) is 4. The lowest BCUT2D eigenvalue weighted by molar-refractivity contribution is -0.141. The molecule has 1 N–H and O–H groups in total. The van der Waals surface area contributed by atoms with Crippen LogP contribution in [0.2, 0.25) is 0 Å². The van der Waals surface area contributed by atoms with Crippen LogP contribution < -0.4 is 19.9 Å². The van der Waals surface area contributed by atoms with Crippen LogP contribution in [-0.2, 0) is 14.2 Å². The Labute approximate surface area is 209 Å². The maximum atomic E-state index is 13.6. The number of hydrogen-bond donors (Lipinski definition) is 1. The smallest absolute Gasteiger partial charge is 0.356 e. The van der Waals surface area contributed by atoms with Crippen LogP contribution in [-0.4, -0.2) is 73.3 Å². The number of amides is 2. The quantitative estimate of drug-likeness (QED) is 0.622. The normalized spacial score (nSPS) is 22.1. The highest BCUT2D eigenvalue weighted by atomic mass is 16.7. The number of ether oxygens (including phenoxy) is 4. The Kier molecular flexibility index (Phi) is 6.44. The van der Waals surface area contributed by atoms with Gasteiger partial charge < -0.3 is 23.8 Å². The summed E-state index contributed by atoms with van der Waals surface area (Å²) in [6, 6.07) is 4.65. The van der Waals surface area contributed by atoms with Gasteiger partial charge in [-0.3, -0.25) is 10.2 Å². The molecule has 11 heteroatoms. The number of esters is 1. The van der Waals surface area contributed by atoms with E-state index in [-0.39, 0.29) is 23.9 Å². The molecular formula is C25H31N5O6. The highest BCUT2D eigenvalue weighted by molar-refractivity contribution is 6.05. The van der Waals surface area contributed by atoms with E-state index in [4.69, 9.17) is 18.9 Å². The van der Waals surface area contributed by atoms with Gasteiger partial charge in [0.25, 0.3) is 0 Å². The number of carbonyl (C=O) groups is 2. The molecule has 2 aromatic rings. The highest BCUT2D eigenvalue weighted by Gasteiger charge is 2.40. The first-order valence-corrected chi connectivity index (χ1v) is 12.1. The van der Waals surface area contributed by atoms with Gasteiger partial charge in [-0.05, 0) is 51.3 Å². The molecule has 3 aliphatic heterocycles. The number of rotatable bonds is 5. The Hall–Kier alpha value is -3.44. The molecule has 2 aromatic heterocycles. The predicted molar refractivity (Wildman–Crippen MR) is 132 cm³/mol. The van der Waals surface area contributed by atoms with Crippen molar-refractivity contribution in [2.45, 2.75) is 51.5 Å². The minimum atomic E-state index is -0.620. The third kappa shape index (κ3) is 4.80. The molecule has 5 heterocycles. The number of hydrogen-bond acceptors (Lipinski definition) is 9. The van der Waals surface area contributed by atoms with Crippen LogP contribution in [0.1, 0.15) is 42.7 Å². The van der Waals surface area contributed by atoms with Gasteiger partial charge in [-0.25, -0.2) is 19.6 Å². The molecule has 0 radical (unpaired) electrons. The molecule has 2 fully saturated rings. The first kappa shape index (κ1) is 24.3. The van der Waals surface area contributed by atoms with E-state index in [1.807, 2.05) is 20.8 Å². The van der Waals surface area contributed by atoms with Crippen molar-refractivity contribution in [3.8, 4) is 5.75 Å². The third-order valence-electron chi connectivity index (χ3n) is 6.55. The van der Waals surface area contributed by atoms with Crippen LogP contribution in [0.4, 0.5) is 22.1 Å². The molecule has 0 saturated carbocycles. The standard InChI is InChI=1S/C25H31N5O6/c1-15-10-19(23(31)33-4)27-22-21(15)29-9-5-6-16(12-29)30(22)24(32)28-20-11-17(7-8-26-20)34-13-18-14-35-25(2,3)36-18/h7-8,10-11,16,18H,5-6,9,12-14H2,1-4H3,(H,26,28,32)/t16?,18-/m0/s1. The van der Waals surface area contributed by atoms with Crippen LogP contribution in [0.3, 0.4) is 0 Å². The maximum absolute atomic E-state index is 13.6. The zero-order chi connectivity index (χ0) is 25.4. The second kappa shape index (κ2) is 9.55. The topological polar surface area (TPSA) is 115 Å². The van der Waals surface area contributed by atoms with Gasteiger partial charge in [-0.1, -0.05) is 0 Å². The Balaban J connectivity index is 1.36. The van der Waals surface area contributed by atoms with Gasteiger partial charge >= 0.3 is 12.0 Å². The summed E-state index contributed by atoms with van der Waals surface area (Å²) >= 11 is 0. The van der Waals surface area contributed by atoms with Crippen LogP contribution in [0, 0.1) is 6.92 Å². The number of methoxy groups -OCH3 is 1. The summed E-state index contributed by atoms with van der Waals surface area (Å²) < 4.78 is 22.1. The summed E-state index contributed by atoms with van der Waals surface area (Å²) in [6.07, 6.45) is 3.19. The Morgan fingerprint density at radius 2 is 2.14 bits per heavy atom. The molecule has 5 rings (SSSR count). The lowest BCUT2D eigenvalue weighted by Gasteiger charge is -2.46. The molecule has 3 aliphatic rings. The summed E-state index contributed by atoms with van der Waals surface area (Å²) in [5, 5.41) is 2.88. The number of aromatic nitrogens is 2. The van der Waals surface area contributed by atoms with Gasteiger partial charge in [0.05, 0.1) is 25.4 Å². The summed E-state index contributed by atoms with van der Waals surface area (Å²) in [7, 11) is 1.31. The van der Waals surface area contributed by atoms with Crippen molar-refractivity contribution >= 4 is 29.3 Å². The number of aryl methyl sites for hydroxylation is 1. The average Bonchev–Trinajstić information content (AvgIpc) is 3.20. The molecule has 0 aromatic carbocycles. The van der Waals surface area contributed by atoms with Crippen molar-refractivity contribution in [2.24, 2.45) is 0 Å². The number of urea groups is 1. The SMILES string of the molecule is COC(=O)c1cc(C)c2c(n1)N(C(=O)Nc1cc(OC[C@H]3COC(C)(C)O3)ccn1)C1CCCN2C1. The van der Waals surface area contributed by atoms with E-state index in [2.05, 4.69) is 20.2 Å². The minimum absolute atomic E-state index is 0.0756. The van der Waals surface area contributed by atoms with Crippen molar-refractivity contribution in [3.05, 3.63) is 35.7 Å². The van der Waals surface area contributed by atoms with Crippen molar-refractivity contribution in [1.29, 1.82) is 0 Å². The van der Waals surface area contributed by atoms with Crippen LogP contribution in [0.25, 0.3) is 0 Å². The molecule has 2 saturated heterocycles. The zero-order valence-corrected chi connectivity index (χ0v) is 20.9. The average molecular weight is 498 g/mol. The Bertz CT molecular complexity index is 1170. The number of pyridine rings is 2. The Morgan fingerprint density at radius 1 is 1.31 bits per heavy atom. The predicted octanol–water partition coefficient (Wildman–Crippen LogP) is 3.12. The molecule has 36 heavy (non-hydrogen) atoms. The molecule has 192 valence electrons. The fourth-order valence-corrected chi connectivity index (χ4v) is 4.99. The number of fused-ring (bicyclic) bond motifs is 4. The first-order valence-electron chi connectivity index (χ1n) is 12.1. The summed E-state index contributed by atoms with van der Waals surface area (Å²) in [6.45, 7) is 8.00. The van der Waals surface area contributed by atoms with Gasteiger partial charge in [0.2, 0.25) is 0 Å². The van der Waals surface area contributed by atoms with Gasteiger partial charge in [-0.15, -0.1) is 0 Å². The second-order valence-corrected chi connectivity index (χ2v) is 9.67. The lowest BCUT2D eigenvalue weighted by atomic mass is 9.98. The van der Waals surface area contributed by atoms with E-state index in [0.29, 0.717) is 37.1 Å². The third-order valence-corrected chi connectivity index (χ3v) is 6.55. The molecule has 2 bridgehead atoms. The molecule has 11 nitrogen and oxygen atoms in total. The van der Waals surface area contributed by atoms with Crippen molar-refractivity contribution in [2.75, 3.05) is 48.5 Å². The molecule has 2 atom stereocenters. The van der Waals surface area contributed by atoms with E-state index in [0.717, 1.165) is 30.6 Å². The van der Waals surface area contributed by atoms with Crippen molar-refractivity contribution in [3.63, 3.8) is 0 Å². The number of anilines is 3. The molecule has 2 amide bonds. The monoisotopic (exact) mass is 497 g/mol. The van der Waals surface area contributed by atoms with E-state index < -0.39 is 11.8 Å². The summed E-state index contributed by atoms with van der Waals surface area (Å²) in [4.78, 5) is 38.5. The van der Waals surface area contributed by atoms with Gasteiger partial charge in [0, 0.05) is 25.4 Å². The van der Waals surface area contributed by atoms with Crippen LogP contribution in [0.5, 0.6) is 5.75 Å². The van der Waals surface area contributed by atoms with Crippen LogP contribution in [0.15, 0.2) is 24.4 Å². The molecule has 1 unspecified atom stereocenters. The maximum Gasteiger partial charge on any atom is 0.356 e. The number of carbonyl (C=O) groups excluding carboxylic acids is 2. The number of nitrogens with one attached hydrogen (secondary N) is 1. The van der Waals surface area contributed by atoms with Gasteiger partial charge in [0.15, 0.2) is 17.3 Å². The first-order chi connectivity index (χ1) is 17.2. The van der Waals surface area contributed by atoms with Crippen molar-refractivity contribution in [1.82, 2.24) is 9.97 Å². The van der Waals surface area contributed by atoms with Gasteiger partial charge in [-0.2, -0.15) is 0 Å². The summed E-state index contributed by atoms with van der Waals surface area (Å²) in [5.74, 6) is 0.196. The fourth-order valence-electron chi connectivity index (χ4n) is 4.99. The molecular weight excluding hydrogens is 466 g/mol.